The summed E-state index contributed by atoms with van der Waals surface area (Å²) in [6, 6.07) is 43.2. The fraction of sp³-hybridized carbons (Fsp3) is 0.258. The van der Waals surface area contributed by atoms with E-state index in [0.717, 1.165) is 94.0 Å². The van der Waals surface area contributed by atoms with Crippen molar-refractivity contribution in [2.45, 2.75) is 78.9 Å². The van der Waals surface area contributed by atoms with Gasteiger partial charge in [-0.05, 0) is 155 Å². The van der Waals surface area contributed by atoms with E-state index in [2.05, 4.69) is 133 Å². The van der Waals surface area contributed by atoms with E-state index in [1.54, 1.807) is 24.3 Å². The number of benzene rings is 6. The van der Waals surface area contributed by atoms with Gasteiger partial charge in [-0.15, -0.1) is 0 Å². The summed E-state index contributed by atoms with van der Waals surface area (Å²) >= 11 is 0. The molecule has 7 N–H and O–H groups in total. The van der Waals surface area contributed by atoms with E-state index in [9.17, 15) is 19.8 Å². The number of aromatic hydroxyl groups is 2. The van der Waals surface area contributed by atoms with Gasteiger partial charge in [-0.1, -0.05) is 120 Å². The molecule has 0 saturated carbocycles. The maximum atomic E-state index is 13.8. The number of hydrogen-bond acceptors (Lipinski definition) is 6. The zero-order chi connectivity index (χ0) is 50.9. The van der Waals surface area contributed by atoms with Gasteiger partial charge in [-0.25, -0.2) is 0 Å². The molecule has 380 valence electrons. The van der Waals surface area contributed by atoms with Crippen LogP contribution in [0.3, 0.4) is 0 Å². The van der Waals surface area contributed by atoms with Gasteiger partial charge in [0.1, 0.15) is 11.5 Å². The molecule has 0 unspecified atom stereocenters. The van der Waals surface area contributed by atoms with Crippen LogP contribution in [-0.4, -0.2) is 68.6 Å². The molecule has 73 heavy (non-hydrogen) atoms. The third-order valence-electron chi connectivity index (χ3n) is 12.7. The second-order valence-corrected chi connectivity index (χ2v) is 19.3. The molecule has 11 heteroatoms. The molecule has 8 aromatic rings. The largest absolute Gasteiger partial charge is 0.508 e. The number of amides is 2. The highest BCUT2D eigenvalue weighted by molar-refractivity contribution is 7.59. The van der Waals surface area contributed by atoms with Crippen molar-refractivity contribution in [3.63, 3.8) is 0 Å². The Balaban J connectivity index is 0.000000236. The number of carbonyl (C=O) groups is 2. The minimum atomic E-state index is -0.295. The van der Waals surface area contributed by atoms with Gasteiger partial charge in [0.15, 0.2) is 0 Å². The first-order chi connectivity index (χ1) is 34.8. The summed E-state index contributed by atoms with van der Waals surface area (Å²) in [5.74, 6) is 0.554. The lowest BCUT2D eigenvalue weighted by Crippen LogP contribution is -2.46. The summed E-state index contributed by atoms with van der Waals surface area (Å²) in [5.41, 5.74) is 12.3. The average Bonchev–Trinajstić information content (AvgIpc) is 3.97. The van der Waals surface area contributed by atoms with Crippen LogP contribution in [0.25, 0.3) is 34.0 Å². The van der Waals surface area contributed by atoms with E-state index >= 15 is 0 Å². The van der Waals surface area contributed by atoms with Crippen LogP contribution in [0.1, 0.15) is 98.8 Å². The van der Waals surface area contributed by atoms with Crippen LogP contribution in [-0.2, 0) is 25.9 Å². The van der Waals surface area contributed by atoms with Gasteiger partial charge < -0.3 is 41.0 Å². The van der Waals surface area contributed by atoms with Gasteiger partial charge in [0.2, 0.25) is 0 Å². The highest BCUT2D eigenvalue weighted by Gasteiger charge is 2.28. The van der Waals surface area contributed by atoms with Crippen molar-refractivity contribution in [2.24, 2.45) is 0 Å². The number of nitrogens with zero attached hydrogens (tertiary/aromatic N) is 1. The van der Waals surface area contributed by atoms with Crippen LogP contribution >= 0.6 is 13.5 Å². The molecule has 0 aliphatic heterocycles. The summed E-state index contributed by atoms with van der Waals surface area (Å²) in [5, 5.41) is 31.7. The summed E-state index contributed by atoms with van der Waals surface area (Å²) in [7, 11) is 0. The molecule has 2 amide bonds. The summed E-state index contributed by atoms with van der Waals surface area (Å²) in [4.78, 5) is 35.0. The van der Waals surface area contributed by atoms with Crippen LogP contribution < -0.4 is 16.0 Å². The number of hydrogen-bond donors (Lipinski definition) is 7. The average molecular weight is 997 g/mol. The number of aryl methyl sites for hydroxylation is 2. The lowest BCUT2D eigenvalue weighted by molar-refractivity contribution is 0.0586. The predicted molar refractivity (Wildman–Crippen MR) is 307 cm³/mol. The van der Waals surface area contributed by atoms with E-state index in [1.807, 2.05) is 78.0 Å². The van der Waals surface area contributed by atoms with Crippen molar-refractivity contribution in [1.82, 2.24) is 30.8 Å². The Morgan fingerprint density at radius 1 is 0.575 bits per heavy atom. The van der Waals surface area contributed by atoms with Gasteiger partial charge in [0.25, 0.3) is 11.8 Å². The monoisotopic (exact) mass is 997 g/mol. The molecular formula is C62H72N6O4S. The lowest BCUT2D eigenvalue weighted by Gasteiger charge is -2.36. The van der Waals surface area contributed by atoms with Gasteiger partial charge in [0, 0.05) is 77.0 Å². The third-order valence-corrected chi connectivity index (χ3v) is 12.7. The van der Waals surface area contributed by atoms with Gasteiger partial charge in [-0.3, -0.25) is 9.59 Å². The lowest BCUT2D eigenvalue weighted by atomic mass is 10.0. The molecule has 0 spiro atoms. The minimum Gasteiger partial charge on any atom is -0.508 e. The van der Waals surface area contributed by atoms with Crippen LogP contribution in [0, 0.1) is 13.8 Å². The molecule has 10 nitrogen and oxygen atoms in total. The van der Waals surface area contributed by atoms with Crippen molar-refractivity contribution in [1.29, 1.82) is 0 Å². The summed E-state index contributed by atoms with van der Waals surface area (Å²) in [6.45, 7) is 14.4. The number of carbonyl (C=O) groups excluding carboxylic acids is 2. The Kier molecular flexibility index (Phi) is 20.3. The smallest absolute Gasteiger partial charge is 0.254 e. The van der Waals surface area contributed by atoms with Crippen molar-refractivity contribution >= 4 is 59.3 Å². The van der Waals surface area contributed by atoms with E-state index in [0.29, 0.717) is 31.7 Å². The quantitative estimate of drug-likeness (QED) is 0.0379. The number of H-pyrrole nitrogens is 2. The van der Waals surface area contributed by atoms with Crippen LogP contribution in [0.4, 0.5) is 0 Å². The standard InChI is InChI=1S/C33H39N3O2.C29H31N3O2.H2S/c1-24-12-14-25(15-13-24)9-7-8-20-36(33(2,3)4)32(38)29-11-6-5-10-26(29)22-34-19-18-27-23-35-31-17-16-28(37)21-30(27)31;1-21-9-11-22(12-10-21)6-4-5-16-31-29(34)26-8-3-2-7-23(26)19-30-17-15-24-20-32-28-14-13-25(33)18-27(24)28;/h5-7,9-17,21,23,34-35,37H,8,18-20,22H2,1-4H3;2-4,6-14,18,20,30,32-33H,5,15-17,19H2,1H3,(H,31,34);1H2/b9-7+;6-4+;. The Hall–Kier alpha value is -7.31. The number of aromatic amines is 2. The van der Waals surface area contributed by atoms with E-state index < -0.39 is 0 Å². The van der Waals surface area contributed by atoms with Crippen molar-refractivity contribution in [3.8, 4) is 11.5 Å². The minimum absolute atomic E-state index is 0. The van der Waals surface area contributed by atoms with Crippen molar-refractivity contribution in [3.05, 3.63) is 214 Å². The maximum absolute atomic E-state index is 13.8. The number of aromatic nitrogens is 2. The number of phenolic OH excluding ortho intramolecular Hbond substituents is 2. The molecule has 0 radical (unpaired) electrons. The van der Waals surface area contributed by atoms with Crippen LogP contribution in [0.5, 0.6) is 11.5 Å². The number of nitrogens with one attached hydrogen (secondary N) is 5. The molecule has 0 atom stereocenters. The molecule has 6 aromatic carbocycles. The van der Waals surface area contributed by atoms with Crippen molar-refractivity contribution < 1.29 is 19.8 Å². The fourth-order valence-corrected chi connectivity index (χ4v) is 8.67. The first-order valence-corrected chi connectivity index (χ1v) is 25.0. The Morgan fingerprint density at radius 3 is 1.55 bits per heavy atom. The Morgan fingerprint density at radius 2 is 1.04 bits per heavy atom. The Bertz CT molecular complexity index is 3090. The molecule has 0 fully saturated rings. The fourth-order valence-electron chi connectivity index (χ4n) is 8.67. The molecule has 0 aliphatic carbocycles. The number of rotatable bonds is 20. The summed E-state index contributed by atoms with van der Waals surface area (Å²) in [6.07, 6.45) is 15.6. The summed E-state index contributed by atoms with van der Waals surface area (Å²) < 4.78 is 0. The molecule has 2 aromatic heterocycles. The van der Waals surface area contributed by atoms with Crippen LogP contribution in [0.15, 0.2) is 158 Å². The van der Waals surface area contributed by atoms with Crippen molar-refractivity contribution in [2.75, 3.05) is 26.2 Å². The van der Waals surface area contributed by atoms with Gasteiger partial charge >= 0.3 is 0 Å². The Labute approximate surface area is 438 Å². The highest BCUT2D eigenvalue weighted by atomic mass is 32.1. The number of fused-ring (bicyclic) bond motifs is 2. The topological polar surface area (TPSA) is 146 Å². The molecular weight excluding hydrogens is 925 g/mol. The molecule has 0 saturated heterocycles. The highest BCUT2D eigenvalue weighted by Crippen LogP contribution is 2.25. The second kappa shape index (κ2) is 26.9. The van der Waals surface area contributed by atoms with E-state index in [1.165, 1.54) is 16.7 Å². The molecule has 0 bridgehead atoms. The van der Waals surface area contributed by atoms with Gasteiger partial charge in [-0.2, -0.15) is 13.5 Å². The molecule has 8 rings (SSSR count). The zero-order valence-electron chi connectivity index (χ0n) is 42.9. The zero-order valence-corrected chi connectivity index (χ0v) is 43.9. The normalized spacial score (nSPS) is 11.5. The molecule has 0 aliphatic rings. The van der Waals surface area contributed by atoms with Gasteiger partial charge in [0.05, 0.1) is 0 Å². The maximum Gasteiger partial charge on any atom is 0.254 e. The SMILES string of the molecule is Cc1ccc(/C=C/CCN(C(=O)c2ccccc2CNCCc2c[nH]c3ccc(O)cc23)C(C)(C)C)cc1.Cc1ccc(/C=C/CCNC(=O)c2ccccc2CNCCc2c[nH]c3ccc(O)cc23)cc1.S. The second-order valence-electron chi connectivity index (χ2n) is 19.3. The first kappa shape index (κ1) is 55.0. The van der Waals surface area contributed by atoms with Crippen LogP contribution in [0.2, 0.25) is 0 Å². The molecule has 2 heterocycles. The van der Waals surface area contributed by atoms with E-state index in [-0.39, 0.29) is 42.3 Å². The van der Waals surface area contributed by atoms with E-state index in [4.69, 9.17) is 0 Å². The third kappa shape index (κ3) is 16.1. The first-order valence-electron chi connectivity index (χ1n) is 25.0. The number of phenols is 2. The predicted octanol–water partition coefficient (Wildman–Crippen LogP) is 12.3.